The number of anilines is 1. The average Bonchev–Trinajstić information content (AvgIpc) is 3.44. The number of carbonyl (C=O) groups is 2. The predicted molar refractivity (Wildman–Crippen MR) is 142 cm³/mol. The minimum absolute atomic E-state index is 0.144. The van der Waals surface area contributed by atoms with Gasteiger partial charge in [-0.15, -0.1) is 28.1 Å². The van der Waals surface area contributed by atoms with Crippen LogP contribution in [0, 0.1) is 0 Å². The van der Waals surface area contributed by atoms with E-state index in [1.165, 1.54) is 28.0 Å². The summed E-state index contributed by atoms with van der Waals surface area (Å²) in [4.78, 5) is 26.6. The van der Waals surface area contributed by atoms with Crippen molar-refractivity contribution in [3.8, 4) is 5.75 Å². The van der Waals surface area contributed by atoms with E-state index in [4.69, 9.17) is 9.47 Å². The maximum Gasteiger partial charge on any atom is 0.341 e. The first-order chi connectivity index (χ1) is 17.6. The molecule has 1 N–H and O–H groups in total. The molecule has 1 aromatic carbocycles. The Morgan fingerprint density at radius 2 is 2.03 bits per heavy atom. The number of amides is 1. The molecule has 0 unspecified atom stereocenters. The van der Waals surface area contributed by atoms with Crippen LogP contribution in [0.3, 0.4) is 0 Å². The number of carbonyl (C=O) groups excluding carboxylic acids is 2. The van der Waals surface area contributed by atoms with Gasteiger partial charge < -0.3 is 14.8 Å². The van der Waals surface area contributed by atoms with Crippen molar-refractivity contribution in [2.45, 2.75) is 57.3 Å². The highest BCUT2D eigenvalue weighted by Gasteiger charge is 2.27. The Morgan fingerprint density at radius 3 is 2.81 bits per heavy atom. The first-order valence-electron chi connectivity index (χ1n) is 12.1. The topological polar surface area (TPSA) is 95.3 Å². The lowest BCUT2D eigenvalue weighted by Gasteiger charge is -2.12. The van der Waals surface area contributed by atoms with Gasteiger partial charge in [0, 0.05) is 23.6 Å². The molecule has 190 valence electrons. The molecule has 2 heterocycles. The fourth-order valence-electron chi connectivity index (χ4n) is 4.01. The Morgan fingerprint density at radius 1 is 1.22 bits per heavy atom. The number of para-hydroxylation sites is 1. The number of hydrogen-bond acceptors (Lipinski definition) is 8. The number of nitrogens with zero attached hydrogens (tertiary/aromatic N) is 3. The molecule has 10 heteroatoms. The number of benzene rings is 1. The van der Waals surface area contributed by atoms with E-state index in [9.17, 15) is 9.59 Å². The number of thioether (sulfide) groups is 1. The molecule has 2 aromatic heterocycles. The Kier molecular flexibility index (Phi) is 9.18. The van der Waals surface area contributed by atoms with E-state index in [-0.39, 0.29) is 24.9 Å². The second kappa shape index (κ2) is 12.7. The predicted octanol–water partition coefficient (Wildman–Crippen LogP) is 5.28. The lowest BCUT2D eigenvalue weighted by molar-refractivity contribution is -0.115. The van der Waals surface area contributed by atoms with Crippen LogP contribution in [0.15, 0.2) is 48.1 Å². The van der Waals surface area contributed by atoms with E-state index in [1.807, 2.05) is 34.9 Å². The molecule has 3 aromatic rings. The molecule has 0 bridgehead atoms. The molecule has 0 spiro atoms. The van der Waals surface area contributed by atoms with Crippen molar-refractivity contribution in [2.24, 2.45) is 0 Å². The smallest absolute Gasteiger partial charge is 0.341 e. The van der Waals surface area contributed by atoms with Gasteiger partial charge in [0.25, 0.3) is 0 Å². The third-order valence-electron chi connectivity index (χ3n) is 5.68. The summed E-state index contributed by atoms with van der Waals surface area (Å²) in [5, 5.41) is 12.8. The van der Waals surface area contributed by atoms with Crippen LogP contribution in [0.4, 0.5) is 5.00 Å². The first-order valence-corrected chi connectivity index (χ1v) is 13.9. The Labute approximate surface area is 219 Å². The van der Waals surface area contributed by atoms with Gasteiger partial charge in [0.2, 0.25) is 5.91 Å². The van der Waals surface area contributed by atoms with Crippen molar-refractivity contribution in [1.29, 1.82) is 0 Å². The lowest BCUT2D eigenvalue weighted by atomic mass is 9.95. The zero-order chi connectivity index (χ0) is 25.3. The summed E-state index contributed by atoms with van der Waals surface area (Å²) < 4.78 is 13.0. The van der Waals surface area contributed by atoms with Gasteiger partial charge in [0.1, 0.15) is 17.4 Å². The van der Waals surface area contributed by atoms with Crippen molar-refractivity contribution in [3.05, 3.63) is 64.8 Å². The minimum atomic E-state index is -0.357. The van der Waals surface area contributed by atoms with Crippen molar-refractivity contribution < 1.29 is 19.1 Å². The largest absolute Gasteiger partial charge is 0.486 e. The molecule has 0 aliphatic heterocycles. The SMILES string of the molecule is C=CCn1c(COc2ccccc2)nnc1SCCC(=O)Nc1sc2c(c1C(=O)OCC)CCCC2. The number of aromatic nitrogens is 3. The monoisotopic (exact) mass is 526 g/mol. The Balaban J connectivity index is 1.36. The van der Waals surface area contributed by atoms with Crippen LogP contribution >= 0.6 is 23.1 Å². The molecule has 1 amide bonds. The molecule has 0 radical (unpaired) electrons. The van der Waals surface area contributed by atoms with E-state index in [2.05, 4.69) is 22.1 Å². The summed E-state index contributed by atoms with van der Waals surface area (Å²) in [6.45, 7) is 6.74. The maximum atomic E-state index is 12.8. The molecule has 36 heavy (non-hydrogen) atoms. The number of hydrogen-bond donors (Lipinski definition) is 1. The molecule has 4 rings (SSSR count). The van der Waals surface area contributed by atoms with Crippen molar-refractivity contribution >= 4 is 40.0 Å². The quantitative estimate of drug-likeness (QED) is 0.195. The molecule has 0 fully saturated rings. The van der Waals surface area contributed by atoms with Gasteiger partial charge >= 0.3 is 5.97 Å². The number of allylic oxidation sites excluding steroid dienone is 1. The summed E-state index contributed by atoms with van der Waals surface area (Å²) in [7, 11) is 0. The summed E-state index contributed by atoms with van der Waals surface area (Å²) in [6, 6.07) is 9.54. The molecule has 0 atom stereocenters. The second-order valence-corrected chi connectivity index (χ2v) is 10.3. The van der Waals surface area contributed by atoms with Gasteiger partial charge in [-0.2, -0.15) is 0 Å². The fourth-order valence-corrected chi connectivity index (χ4v) is 6.20. The van der Waals surface area contributed by atoms with Crippen LogP contribution in [0.25, 0.3) is 0 Å². The second-order valence-electron chi connectivity index (χ2n) is 8.18. The van der Waals surface area contributed by atoms with Crippen LogP contribution in [-0.4, -0.2) is 39.0 Å². The van der Waals surface area contributed by atoms with Gasteiger partial charge in [-0.3, -0.25) is 9.36 Å². The van der Waals surface area contributed by atoms with Crippen molar-refractivity contribution in [2.75, 3.05) is 17.7 Å². The van der Waals surface area contributed by atoms with E-state index in [1.54, 1.807) is 13.0 Å². The zero-order valence-corrected chi connectivity index (χ0v) is 22.0. The summed E-state index contributed by atoms with van der Waals surface area (Å²) >= 11 is 2.95. The molecule has 8 nitrogen and oxygen atoms in total. The van der Waals surface area contributed by atoms with Crippen LogP contribution < -0.4 is 10.1 Å². The number of thiophene rings is 1. The van der Waals surface area contributed by atoms with E-state index in [0.717, 1.165) is 37.0 Å². The molecule has 1 aliphatic carbocycles. The van der Waals surface area contributed by atoms with Crippen molar-refractivity contribution in [1.82, 2.24) is 14.8 Å². The van der Waals surface area contributed by atoms with E-state index in [0.29, 0.717) is 40.4 Å². The minimum Gasteiger partial charge on any atom is -0.486 e. The molecule has 1 aliphatic rings. The summed E-state index contributed by atoms with van der Waals surface area (Å²) in [5.41, 5.74) is 1.57. The van der Waals surface area contributed by atoms with Gasteiger partial charge in [0.05, 0.1) is 12.2 Å². The third kappa shape index (κ3) is 6.36. The lowest BCUT2D eigenvalue weighted by Crippen LogP contribution is -2.16. The highest BCUT2D eigenvalue weighted by atomic mass is 32.2. The molecular formula is C26H30N4O4S2. The standard InChI is InChI=1S/C26H30N4O4S2/c1-3-15-30-21(17-34-18-10-6-5-7-11-18)28-29-26(30)35-16-14-22(31)27-24-23(25(32)33-4-2)19-12-8-9-13-20(19)36-24/h3,5-7,10-11H,1,4,8-9,12-17H2,2H3,(H,27,31). The van der Waals surface area contributed by atoms with Crippen LogP contribution in [0.2, 0.25) is 0 Å². The summed E-state index contributed by atoms with van der Waals surface area (Å²) in [5.74, 6) is 1.46. The normalized spacial score (nSPS) is 12.6. The van der Waals surface area contributed by atoms with E-state index < -0.39 is 0 Å². The van der Waals surface area contributed by atoms with Gasteiger partial charge in [-0.1, -0.05) is 36.0 Å². The number of rotatable bonds is 12. The highest BCUT2D eigenvalue weighted by Crippen LogP contribution is 2.38. The maximum absolute atomic E-state index is 12.8. The zero-order valence-electron chi connectivity index (χ0n) is 20.3. The van der Waals surface area contributed by atoms with Gasteiger partial charge in [0.15, 0.2) is 11.0 Å². The fraction of sp³-hybridized carbons (Fsp3) is 0.385. The summed E-state index contributed by atoms with van der Waals surface area (Å²) in [6.07, 6.45) is 5.98. The molecular weight excluding hydrogens is 496 g/mol. The van der Waals surface area contributed by atoms with Crippen LogP contribution in [0.5, 0.6) is 5.75 Å². The van der Waals surface area contributed by atoms with Gasteiger partial charge in [-0.25, -0.2) is 4.79 Å². The number of esters is 1. The Hall–Kier alpha value is -3.11. The Bertz CT molecular complexity index is 1210. The number of fused-ring (bicyclic) bond motifs is 1. The van der Waals surface area contributed by atoms with Crippen molar-refractivity contribution in [3.63, 3.8) is 0 Å². The molecule has 0 saturated carbocycles. The van der Waals surface area contributed by atoms with Crippen LogP contribution in [0.1, 0.15) is 52.8 Å². The number of nitrogens with one attached hydrogen (secondary N) is 1. The first kappa shape index (κ1) is 26.0. The highest BCUT2D eigenvalue weighted by molar-refractivity contribution is 7.99. The number of ether oxygens (including phenoxy) is 2. The third-order valence-corrected chi connectivity index (χ3v) is 7.86. The number of aryl methyl sites for hydroxylation is 1. The average molecular weight is 527 g/mol. The molecule has 0 saturated heterocycles. The van der Waals surface area contributed by atoms with Gasteiger partial charge in [-0.05, 0) is 50.3 Å². The van der Waals surface area contributed by atoms with Crippen LogP contribution in [-0.2, 0) is 35.5 Å². The van der Waals surface area contributed by atoms with E-state index >= 15 is 0 Å².